The SMILES string of the molecule is CCN(C)CCc1ccc(CC[NH-])cc1.[W]. The molecule has 0 aliphatic heterocycles. The smallest absolute Gasteiger partial charge is 0.00187 e. The molecular weight excluding hydrogens is 368 g/mol. The Balaban J connectivity index is 0.00000225. The summed E-state index contributed by atoms with van der Waals surface area (Å²) in [6.07, 6.45) is 1.99. The molecule has 0 radical (unpaired) electrons. The van der Waals surface area contributed by atoms with Gasteiger partial charge in [0.05, 0.1) is 0 Å². The number of nitrogens with zero attached hydrogens (tertiary/aromatic N) is 1. The molecule has 0 aliphatic rings. The van der Waals surface area contributed by atoms with E-state index in [1.807, 2.05) is 0 Å². The van der Waals surface area contributed by atoms with Crippen LogP contribution in [0.2, 0.25) is 0 Å². The van der Waals surface area contributed by atoms with Crippen molar-refractivity contribution in [2.45, 2.75) is 19.8 Å². The molecule has 1 rings (SSSR count). The average Bonchev–Trinajstić information content (AvgIpc) is 2.28. The van der Waals surface area contributed by atoms with Crippen LogP contribution >= 0.6 is 0 Å². The molecule has 1 aromatic rings. The molecule has 0 saturated carbocycles. The fourth-order valence-corrected chi connectivity index (χ4v) is 1.50. The summed E-state index contributed by atoms with van der Waals surface area (Å²) >= 11 is 0. The van der Waals surface area contributed by atoms with E-state index in [1.54, 1.807) is 0 Å². The monoisotopic (exact) mass is 389 g/mol. The van der Waals surface area contributed by atoms with E-state index in [0.717, 1.165) is 25.9 Å². The van der Waals surface area contributed by atoms with Gasteiger partial charge in [0.15, 0.2) is 0 Å². The summed E-state index contributed by atoms with van der Waals surface area (Å²) in [6.45, 7) is 4.89. The first-order valence-electron chi connectivity index (χ1n) is 5.67. The molecule has 0 bridgehead atoms. The predicted molar refractivity (Wildman–Crippen MR) is 66.2 cm³/mol. The maximum Gasteiger partial charge on any atom is 0.00187 e. The third kappa shape index (κ3) is 5.79. The Bertz CT molecular complexity index is 272. The number of nitrogens with one attached hydrogen (secondary N) is 1. The maximum atomic E-state index is 7.15. The molecule has 0 aromatic heterocycles. The quantitative estimate of drug-likeness (QED) is 0.735. The Morgan fingerprint density at radius 3 is 2.00 bits per heavy atom. The molecule has 0 heterocycles. The summed E-state index contributed by atoms with van der Waals surface area (Å²) in [6, 6.07) is 8.68. The molecule has 2 nitrogen and oxygen atoms in total. The van der Waals surface area contributed by atoms with E-state index >= 15 is 0 Å². The second kappa shape index (κ2) is 8.92. The Labute approximate surface area is 113 Å². The molecule has 3 heteroatoms. The van der Waals surface area contributed by atoms with Gasteiger partial charge in [0, 0.05) is 27.6 Å². The Morgan fingerprint density at radius 2 is 1.56 bits per heavy atom. The van der Waals surface area contributed by atoms with Crippen molar-refractivity contribution in [3.63, 3.8) is 0 Å². The van der Waals surface area contributed by atoms with Crippen LogP contribution in [0.15, 0.2) is 24.3 Å². The molecule has 0 fully saturated rings. The summed E-state index contributed by atoms with van der Waals surface area (Å²) in [5.74, 6) is 0. The maximum absolute atomic E-state index is 7.15. The summed E-state index contributed by atoms with van der Waals surface area (Å²) in [5.41, 5.74) is 9.82. The van der Waals surface area contributed by atoms with E-state index in [-0.39, 0.29) is 21.1 Å². The zero-order chi connectivity index (χ0) is 11.1. The van der Waals surface area contributed by atoms with Crippen LogP contribution in [0.25, 0.3) is 5.73 Å². The molecule has 0 amide bonds. The van der Waals surface area contributed by atoms with Gasteiger partial charge in [0.1, 0.15) is 0 Å². The first kappa shape index (κ1) is 15.8. The van der Waals surface area contributed by atoms with Crippen LogP contribution in [0.5, 0.6) is 0 Å². The van der Waals surface area contributed by atoms with Crippen molar-refractivity contribution in [2.24, 2.45) is 0 Å². The van der Waals surface area contributed by atoms with Crippen LogP contribution < -0.4 is 0 Å². The van der Waals surface area contributed by atoms with E-state index in [1.165, 1.54) is 11.1 Å². The fraction of sp³-hybridized carbons (Fsp3) is 0.538. The van der Waals surface area contributed by atoms with Crippen molar-refractivity contribution in [1.29, 1.82) is 0 Å². The summed E-state index contributed by atoms with van der Waals surface area (Å²) in [5, 5.41) is 0. The Hall–Kier alpha value is -0.172. The number of benzene rings is 1. The van der Waals surface area contributed by atoms with Gasteiger partial charge in [-0.2, -0.15) is 0 Å². The van der Waals surface area contributed by atoms with Crippen molar-refractivity contribution in [3.05, 3.63) is 41.1 Å². The normalized spacial score (nSPS) is 10.2. The first-order valence-corrected chi connectivity index (χ1v) is 5.67. The Morgan fingerprint density at radius 1 is 1.06 bits per heavy atom. The molecule has 16 heavy (non-hydrogen) atoms. The third-order valence-corrected chi connectivity index (χ3v) is 2.76. The number of hydrogen-bond acceptors (Lipinski definition) is 1. The van der Waals surface area contributed by atoms with E-state index in [2.05, 4.69) is 43.1 Å². The second-order valence-electron chi connectivity index (χ2n) is 3.96. The molecule has 0 saturated heterocycles. The van der Waals surface area contributed by atoms with Crippen molar-refractivity contribution in [2.75, 3.05) is 26.7 Å². The average molecular weight is 389 g/mol. The summed E-state index contributed by atoms with van der Waals surface area (Å²) < 4.78 is 0. The van der Waals surface area contributed by atoms with Crippen LogP contribution in [0, 0.1) is 0 Å². The molecule has 90 valence electrons. The Kier molecular flexibility index (Phi) is 8.83. The van der Waals surface area contributed by atoms with Gasteiger partial charge >= 0.3 is 0 Å². The minimum atomic E-state index is 0. The molecule has 0 atom stereocenters. The van der Waals surface area contributed by atoms with Gasteiger partial charge in [-0.1, -0.05) is 31.2 Å². The van der Waals surface area contributed by atoms with Crippen LogP contribution in [-0.2, 0) is 33.9 Å². The molecule has 0 spiro atoms. The molecule has 1 aromatic carbocycles. The predicted octanol–water partition coefficient (Wildman–Crippen LogP) is 2.77. The summed E-state index contributed by atoms with van der Waals surface area (Å²) in [4.78, 5) is 2.32. The van der Waals surface area contributed by atoms with Gasteiger partial charge in [-0.05, 0) is 37.6 Å². The van der Waals surface area contributed by atoms with Gasteiger partial charge in [-0.25, -0.2) is 0 Å². The van der Waals surface area contributed by atoms with Crippen LogP contribution in [-0.4, -0.2) is 31.6 Å². The van der Waals surface area contributed by atoms with Gasteiger partial charge in [0.25, 0.3) is 0 Å². The van der Waals surface area contributed by atoms with Crippen molar-refractivity contribution in [3.8, 4) is 0 Å². The van der Waals surface area contributed by atoms with Gasteiger partial charge in [0.2, 0.25) is 0 Å². The van der Waals surface area contributed by atoms with E-state index < -0.39 is 0 Å². The second-order valence-corrected chi connectivity index (χ2v) is 3.96. The minimum Gasteiger partial charge on any atom is -0.677 e. The standard InChI is InChI=1S/C13H21N2.W/c1-3-15(2)11-9-13-6-4-12(5-7-13)8-10-14;/h4-7,14H,3,8-11H2,1-2H3;/q-1;. The van der Waals surface area contributed by atoms with E-state index in [4.69, 9.17) is 5.73 Å². The van der Waals surface area contributed by atoms with Crippen LogP contribution in [0.4, 0.5) is 0 Å². The van der Waals surface area contributed by atoms with Gasteiger partial charge in [-0.15, -0.1) is 6.54 Å². The van der Waals surface area contributed by atoms with E-state index in [9.17, 15) is 0 Å². The van der Waals surface area contributed by atoms with Crippen LogP contribution in [0.1, 0.15) is 18.1 Å². The van der Waals surface area contributed by atoms with Crippen LogP contribution in [0.3, 0.4) is 0 Å². The molecule has 1 N–H and O–H groups in total. The topological polar surface area (TPSA) is 27.0 Å². The molecule has 0 aliphatic carbocycles. The number of likely N-dealkylation sites (N-methyl/N-ethyl adjacent to an activating group) is 1. The number of rotatable bonds is 6. The fourth-order valence-electron chi connectivity index (χ4n) is 1.50. The molecular formula is C13H21N2W-. The summed E-state index contributed by atoms with van der Waals surface area (Å²) in [7, 11) is 2.15. The van der Waals surface area contributed by atoms with Crippen molar-refractivity contribution < 1.29 is 21.1 Å². The molecule has 0 unspecified atom stereocenters. The van der Waals surface area contributed by atoms with Gasteiger partial charge in [-0.3, -0.25) is 0 Å². The zero-order valence-corrected chi connectivity index (χ0v) is 13.1. The largest absolute Gasteiger partial charge is 0.677 e. The zero-order valence-electron chi connectivity index (χ0n) is 10.2. The number of hydrogen-bond donors (Lipinski definition) is 0. The van der Waals surface area contributed by atoms with Gasteiger partial charge < -0.3 is 10.6 Å². The van der Waals surface area contributed by atoms with Crippen molar-refractivity contribution >= 4 is 0 Å². The van der Waals surface area contributed by atoms with E-state index in [0.29, 0.717) is 6.54 Å². The first-order chi connectivity index (χ1) is 7.26. The minimum absolute atomic E-state index is 0. The third-order valence-electron chi connectivity index (χ3n) is 2.76. The van der Waals surface area contributed by atoms with Crippen molar-refractivity contribution in [1.82, 2.24) is 4.90 Å².